The zero-order valence-corrected chi connectivity index (χ0v) is 14.5. The summed E-state index contributed by atoms with van der Waals surface area (Å²) in [4.78, 5) is 0. The van der Waals surface area contributed by atoms with Gasteiger partial charge in [0.15, 0.2) is 0 Å². The maximum Gasteiger partial charge on any atom is 0.279 e. The Kier molecular flexibility index (Phi) is 7.11. The van der Waals surface area contributed by atoms with Gasteiger partial charge in [0.1, 0.15) is 0 Å². The molecule has 2 N–H and O–H groups in total. The van der Waals surface area contributed by atoms with Gasteiger partial charge < -0.3 is 5.32 Å². The summed E-state index contributed by atoms with van der Waals surface area (Å²) in [6, 6.07) is 7.34. The molecule has 1 aromatic carbocycles. The Morgan fingerprint density at radius 1 is 1.40 bits per heavy atom. The van der Waals surface area contributed by atoms with Gasteiger partial charge in [-0.2, -0.15) is 17.4 Å². The Morgan fingerprint density at radius 2 is 2.10 bits per heavy atom. The fourth-order valence-corrected chi connectivity index (χ4v) is 3.31. The van der Waals surface area contributed by atoms with Gasteiger partial charge in [0.2, 0.25) is 0 Å². The zero-order chi connectivity index (χ0) is 15.2. The lowest BCUT2D eigenvalue weighted by Crippen LogP contribution is -2.40. The topological polar surface area (TPSA) is 61.4 Å². The van der Waals surface area contributed by atoms with Crippen molar-refractivity contribution >= 4 is 26.1 Å². The van der Waals surface area contributed by atoms with Gasteiger partial charge >= 0.3 is 0 Å². The summed E-state index contributed by atoms with van der Waals surface area (Å²) in [6.07, 6.45) is 0.777. The van der Waals surface area contributed by atoms with Crippen LogP contribution in [-0.2, 0) is 10.2 Å². The summed E-state index contributed by atoms with van der Waals surface area (Å²) < 4.78 is 29.3. The molecule has 0 aliphatic carbocycles. The Bertz CT molecular complexity index is 522. The van der Waals surface area contributed by atoms with Crippen LogP contribution in [0.1, 0.15) is 24.9 Å². The van der Waals surface area contributed by atoms with E-state index in [0.717, 1.165) is 23.0 Å². The smallest absolute Gasteiger partial charge is 0.279 e. The van der Waals surface area contributed by atoms with Crippen molar-refractivity contribution < 1.29 is 8.42 Å². The van der Waals surface area contributed by atoms with E-state index in [0.29, 0.717) is 6.54 Å². The molecule has 1 rings (SSSR count). The van der Waals surface area contributed by atoms with Crippen molar-refractivity contribution in [3.8, 4) is 0 Å². The molecule has 0 amide bonds. The van der Waals surface area contributed by atoms with E-state index in [1.54, 1.807) is 7.05 Å². The first-order chi connectivity index (χ1) is 9.36. The van der Waals surface area contributed by atoms with E-state index in [9.17, 15) is 8.42 Å². The van der Waals surface area contributed by atoms with Crippen LogP contribution in [0.5, 0.6) is 0 Å². The molecule has 0 bridgehead atoms. The molecule has 1 aromatic rings. The van der Waals surface area contributed by atoms with E-state index >= 15 is 0 Å². The molecule has 0 spiro atoms. The van der Waals surface area contributed by atoms with Crippen molar-refractivity contribution in [3.05, 3.63) is 34.3 Å². The van der Waals surface area contributed by atoms with Crippen LogP contribution in [0.2, 0.25) is 0 Å². The van der Waals surface area contributed by atoms with E-state index in [4.69, 9.17) is 0 Å². The van der Waals surface area contributed by atoms with Gasteiger partial charge in [0.25, 0.3) is 10.2 Å². The molecular weight excluding hydrogens is 342 g/mol. The number of nitrogens with zero attached hydrogens (tertiary/aromatic N) is 1. The predicted octanol–water partition coefficient (Wildman–Crippen LogP) is 1.89. The average Bonchev–Trinajstić information content (AvgIpc) is 2.38. The Balaban J connectivity index is 2.65. The monoisotopic (exact) mass is 363 g/mol. The highest BCUT2D eigenvalue weighted by molar-refractivity contribution is 9.10. The quantitative estimate of drug-likeness (QED) is 0.693. The molecule has 7 heteroatoms. The summed E-state index contributed by atoms with van der Waals surface area (Å²) in [7, 11) is -0.0225. The van der Waals surface area contributed by atoms with E-state index in [2.05, 4.69) is 26.0 Å². The number of halogens is 1. The van der Waals surface area contributed by atoms with Crippen molar-refractivity contribution in [2.24, 2.45) is 0 Å². The molecular formula is C13H22BrN3O2S. The molecule has 1 atom stereocenters. The second kappa shape index (κ2) is 8.09. The highest BCUT2D eigenvalue weighted by Gasteiger charge is 2.20. The summed E-state index contributed by atoms with van der Waals surface area (Å²) >= 11 is 3.39. The SMILES string of the molecule is CNCCCN(C)S(=O)(=O)NC(C)c1cccc(Br)c1. The molecule has 0 saturated heterocycles. The van der Waals surface area contributed by atoms with Crippen LogP contribution >= 0.6 is 15.9 Å². The van der Waals surface area contributed by atoms with Gasteiger partial charge in [-0.05, 0) is 44.6 Å². The summed E-state index contributed by atoms with van der Waals surface area (Å²) in [5, 5.41) is 3.00. The molecule has 114 valence electrons. The molecule has 1 unspecified atom stereocenters. The van der Waals surface area contributed by atoms with Crippen LogP contribution < -0.4 is 10.0 Å². The van der Waals surface area contributed by atoms with E-state index in [1.807, 2.05) is 38.2 Å². The molecule has 0 aliphatic heterocycles. The van der Waals surface area contributed by atoms with Gasteiger partial charge in [0, 0.05) is 24.1 Å². The molecule has 0 radical (unpaired) electrons. The second-order valence-electron chi connectivity index (χ2n) is 4.68. The molecule has 0 saturated carbocycles. The first-order valence-electron chi connectivity index (χ1n) is 6.50. The largest absolute Gasteiger partial charge is 0.320 e. The van der Waals surface area contributed by atoms with Crippen molar-refractivity contribution in [1.82, 2.24) is 14.3 Å². The highest BCUT2D eigenvalue weighted by atomic mass is 79.9. The average molecular weight is 364 g/mol. The summed E-state index contributed by atoms with van der Waals surface area (Å²) in [5.41, 5.74) is 0.923. The minimum absolute atomic E-state index is 0.274. The zero-order valence-electron chi connectivity index (χ0n) is 12.1. The van der Waals surface area contributed by atoms with Crippen molar-refractivity contribution in [2.45, 2.75) is 19.4 Å². The van der Waals surface area contributed by atoms with Crippen LogP contribution in [0.3, 0.4) is 0 Å². The fraction of sp³-hybridized carbons (Fsp3) is 0.538. The third kappa shape index (κ3) is 5.49. The van der Waals surface area contributed by atoms with Gasteiger partial charge in [-0.3, -0.25) is 0 Å². The predicted molar refractivity (Wildman–Crippen MR) is 85.8 cm³/mol. The number of rotatable bonds is 8. The van der Waals surface area contributed by atoms with Crippen molar-refractivity contribution in [2.75, 3.05) is 27.2 Å². The lowest BCUT2D eigenvalue weighted by molar-refractivity contribution is 0.441. The molecule has 0 heterocycles. The first kappa shape index (κ1) is 17.6. The van der Waals surface area contributed by atoms with Crippen molar-refractivity contribution in [3.63, 3.8) is 0 Å². The fourth-order valence-electron chi connectivity index (χ4n) is 1.76. The lowest BCUT2D eigenvalue weighted by Gasteiger charge is -2.21. The van der Waals surface area contributed by atoms with Crippen LogP contribution in [0.4, 0.5) is 0 Å². The van der Waals surface area contributed by atoms with E-state index < -0.39 is 10.2 Å². The van der Waals surface area contributed by atoms with Crippen LogP contribution in [0.25, 0.3) is 0 Å². The molecule has 0 fully saturated rings. The third-order valence-corrected chi connectivity index (χ3v) is 5.13. The maximum absolute atomic E-state index is 12.2. The van der Waals surface area contributed by atoms with Gasteiger partial charge in [-0.1, -0.05) is 28.1 Å². The summed E-state index contributed by atoms with van der Waals surface area (Å²) in [6.45, 7) is 3.11. The minimum atomic E-state index is -3.46. The van der Waals surface area contributed by atoms with E-state index in [1.165, 1.54) is 4.31 Å². The minimum Gasteiger partial charge on any atom is -0.320 e. The standard InChI is InChI=1S/C13H22BrN3O2S/c1-11(12-6-4-7-13(14)10-12)16-20(18,19)17(3)9-5-8-15-2/h4,6-7,10-11,15-16H,5,8-9H2,1-3H3. The normalized spacial score (nSPS) is 13.7. The number of benzene rings is 1. The lowest BCUT2D eigenvalue weighted by atomic mass is 10.1. The van der Waals surface area contributed by atoms with E-state index in [-0.39, 0.29) is 6.04 Å². The third-order valence-electron chi connectivity index (χ3n) is 2.98. The van der Waals surface area contributed by atoms with Gasteiger partial charge in [0.05, 0.1) is 0 Å². The first-order valence-corrected chi connectivity index (χ1v) is 8.74. The highest BCUT2D eigenvalue weighted by Crippen LogP contribution is 2.18. The summed E-state index contributed by atoms with van der Waals surface area (Å²) in [5.74, 6) is 0. The molecule has 20 heavy (non-hydrogen) atoms. The Morgan fingerprint density at radius 3 is 2.70 bits per heavy atom. The number of hydrogen-bond donors (Lipinski definition) is 2. The molecule has 0 aromatic heterocycles. The Labute approximate surface area is 130 Å². The second-order valence-corrected chi connectivity index (χ2v) is 7.40. The molecule has 0 aliphatic rings. The van der Waals surface area contributed by atoms with Gasteiger partial charge in [-0.15, -0.1) is 0 Å². The van der Waals surface area contributed by atoms with Crippen LogP contribution in [-0.4, -0.2) is 39.9 Å². The maximum atomic E-state index is 12.2. The Hall–Kier alpha value is -0.470. The van der Waals surface area contributed by atoms with Crippen LogP contribution in [0.15, 0.2) is 28.7 Å². The van der Waals surface area contributed by atoms with Crippen molar-refractivity contribution in [1.29, 1.82) is 0 Å². The number of hydrogen-bond acceptors (Lipinski definition) is 3. The van der Waals surface area contributed by atoms with Crippen LogP contribution in [0, 0.1) is 0 Å². The number of nitrogens with one attached hydrogen (secondary N) is 2. The molecule has 5 nitrogen and oxygen atoms in total. The van der Waals surface area contributed by atoms with Gasteiger partial charge in [-0.25, -0.2) is 0 Å².